The molecule has 5 unspecified atom stereocenters. The van der Waals surface area contributed by atoms with Crippen LogP contribution in [0, 0.1) is 5.92 Å². The molecule has 5 nitrogen and oxygen atoms in total. The van der Waals surface area contributed by atoms with Gasteiger partial charge in [-0.2, -0.15) is 4.98 Å². The maximum absolute atomic E-state index is 5.75. The second-order valence-corrected chi connectivity index (χ2v) is 4.71. The summed E-state index contributed by atoms with van der Waals surface area (Å²) < 4.78 is 11.0. The van der Waals surface area contributed by atoms with E-state index in [0.717, 1.165) is 0 Å². The van der Waals surface area contributed by atoms with E-state index in [2.05, 4.69) is 24.0 Å². The van der Waals surface area contributed by atoms with E-state index in [4.69, 9.17) is 15.0 Å². The highest BCUT2D eigenvalue weighted by Gasteiger charge is 2.41. The molecular formula is C11H19N3O2. The molecule has 1 fully saturated rings. The van der Waals surface area contributed by atoms with Crippen molar-refractivity contribution in [1.29, 1.82) is 0 Å². The molecule has 0 aromatic carbocycles. The summed E-state index contributed by atoms with van der Waals surface area (Å²) in [6.07, 6.45) is 0.344. The molecule has 90 valence electrons. The summed E-state index contributed by atoms with van der Waals surface area (Å²) in [7, 11) is 0. The molecule has 1 aromatic heterocycles. The number of hydrogen-bond donors (Lipinski definition) is 1. The van der Waals surface area contributed by atoms with E-state index in [1.54, 1.807) is 0 Å². The van der Waals surface area contributed by atoms with E-state index in [1.165, 1.54) is 0 Å². The first-order chi connectivity index (χ1) is 7.50. The van der Waals surface area contributed by atoms with Crippen LogP contribution in [0.2, 0.25) is 0 Å². The van der Waals surface area contributed by atoms with Crippen LogP contribution < -0.4 is 5.73 Å². The van der Waals surface area contributed by atoms with Crippen LogP contribution in [0.4, 0.5) is 0 Å². The average molecular weight is 225 g/mol. The summed E-state index contributed by atoms with van der Waals surface area (Å²) >= 11 is 0. The van der Waals surface area contributed by atoms with Crippen molar-refractivity contribution < 1.29 is 9.26 Å². The van der Waals surface area contributed by atoms with Crippen LogP contribution in [0.1, 0.15) is 51.4 Å². The lowest BCUT2D eigenvalue weighted by Gasteiger charge is -2.12. The van der Waals surface area contributed by atoms with E-state index in [-0.39, 0.29) is 24.2 Å². The molecule has 2 rings (SSSR count). The standard InChI is InChI=1S/C11H19N3O2/c1-5-7(3)15-8(4)9(5)11-13-10(6(2)12)14-16-11/h5-9H,12H2,1-4H3. The van der Waals surface area contributed by atoms with Crippen molar-refractivity contribution in [3.05, 3.63) is 11.7 Å². The highest BCUT2D eigenvalue weighted by atomic mass is 16.5. The Kier molecular flexibility index (Phi) is 2.99. The zero-order chi connectivity index (χ0) is 11.9. The molecule has 1 aliphatic rings. The molecule has 0 saturated carbocycles. The molecule has 1 aliphatic heterocycles. The van der Waals surface area contributed by atoms with Crippen LogP contribution >= 0.6 is 0 Å². The van der Waals surface area contributed by atoms with Gasteiger partial charge >= 0.3 is 0 Å². The van der Waals surface area contributed by atoms with Gasteiger partial charge in [-0.1, -0.05) is 12.1 Å². The molecule has 0 amide bonds. The second-order valence-electron chi connectivity index (χ2n) is 4.71. The number of hydrogen-bond acceptors (Lipinski definition) is 5. The fraction of sp³-hybridized carbons (Fsp3) is 0.818. The summed E-state index contributed by atoms with van der Waals surface area (Å²) in [5, 5.41) is 3.89. The minimum Gasteiger partial charge on any atom is -0.374 e. The van der Waals surface area contributed by atoms with Crippen molar-refractivity contribution >= 4 is 0 Å². The van der Waals surface area contributed by atoms with Crippen molar-refractivity contribution in [1.82, 2.24) is 10.1 Å². The van der Waals surface area contributed by atoms with Crippen LogP contribution in [-0.4, -0.2) is 22.3 Å². The predicted octanol–water partition coefficient (Wildman–Crippen LogP) is 1.62. The number of rotatable bonds is 2. The molecular weight excluding hydrogens is 206 g/mol. The molecule has 5 heteroatoms. The van der Waals surface area contributed by atoms with Crippen LogP contribution in [-0.2, 0) is 4.74 Å². The molecule has 0 radical (unpaired) electrons. The normalized spacial score (nSPS) is 36.6. The molecule has 1 saturated heterocycles. The third kappa shape index (κ3) is 1.85. The number of ether oxygens (including phenoxy) is 1. The Labute approximate surface area is 95.3 Å². The van der Waals surface area contributed by atoms with Gasteiger partial charge in [-0.25, -0.2) is 0 Å². The summed E-state index contributed by atoms with van der Waals surface area (Å²) in [6, 6.07) is -0.192. The third-order valence-corrected chi connectivity index (χ3v) is 3.39. The van der Waals surface area contributed by atoms with E-state index in [1.807, 2.05) is 13.8 Å². The van der Waals surface area contributed by atoms with Crippen LogP contribution in [0.15, 0.2) is 4.52 Å². The fourth-order valence-corrected chi connectivity index (χ4v) is 2.26. The summed E-state index contributed by atoms with van der Waals surface area (Å²) in [5.74, 6) is 1.77. The lowest BCUT2D eigenvalue weighted by Crippen LogP contribution is -2.16. The molecule has 1 aromatic rings. The number of nitrogens with zero attached hydrogens (tertiary/aromatic N) is 2. The molecule has 5 atom stereocenters. The predicted molar refractivity (Wildman–Crippen MR) is 58.8 cm³/mol. The van der Waals surface area contributed by atoms with Gasteiger partial charge in [-0.05, 0) is 26.7 Å². The molecule has 16 heavy (non-hydrogen) atoms. The lowest BCUT2D eigenvalue weighted by atomic mass is 9.89. The van der Waals surface area contributed by atoms with Crippen molar-refractivity contribution in [2.24, 2.45) is 11.7 Å². The van der Waals surface area contributed by atoms with Crippen LogP contribution in [0.25, 0.3) is 0 Å². The number of nitrogens with two attached hydrogens (primary N) is 1. The Morgan fingerprint density at radius 2 is 1.94 bits per heavy atom. The topological polar surface area (TPSA) is 74.2 Å². The zero-order valence-electron chi connectivity index (χ0n) is 10.2. The van der Waals surface area contributed by atoms with E-state index in [9.17, 15) is 0 Å². The Morgan fingerprint density at radius 3 is 2.38 bits per heavy atom. The summed E-state index contributed by atoms with van der Waals surface area (Å²) in [5.41, 5.74) is 5.71. The Bertz CT molecular complexity index is 364. The SMILES string of the molecule is CC(N)c1noc(C2C(C)OC(C)C2C)n1. The molecule has 0 bridgehead atoms. The van der Waals surface area contributed by atoms with E-state index < -0.39 is 0 Å². The Hall–Kier alpha value is -0.940. The smallest absolute Gasteiger partial charge is 0.232 e. The van der Waals surface area contributed by atoms with Gasteiger partial charge in [0, 0.05) is 0 Å². The lowest BCUT2D eigenvalue weighted by molar-refractivity contribution is 0.0542. The van der Waals surface area contributed by atoms with Crippen molar-refractivity contribution in [3.63, 3.8) is 0 Å². The second kappa shape index (κ2) is 4.14. The first kappa shape index (κ1) is 11.5. The van der Waals surface area contributed by atoms with Crippen molar-refractivity contribution in [3.8, 4) is 0 Å². The number of aromatic nitrogens is 2. The Morgan fingerprint density at radius 1 is 1.25 bits per heavy atom. The molecule has 0 aliphatic carbocycles. The minimum absolute atomic E-state index is 0.117. The van der Waals surface area contributed by atoms with Crippen molar-refractivity contribution in [2.45, 2.75) is 51.9 Å². The highest BCUT2D eigenvalue weighted by Crippen LogP contribution is 2.39. The van der Waals surface area contributed by atoms with Gasteiger partial charge in [0.2, 0.25) is 5.89 Å². The average Bonchev–Trinajstić information content (AvgIpc) is 2.74. The van der Waals surface area contributed by atoms with Gasteiger partial charge < -0.3 is 15.0 Å². The summed E-state index contributed by atoms with van der Waals surface area (Å²) in [4.78, 5) is 4.34. The summed E-state index contributed by atoms with van der Waals surface area (Å²) in [6.45, 7) is 8.11. The highest BCUT2D eigenvalue weighted by molar-refractivity contribution is 5.04. The first-order valence-electron chi connectivity index (χ1n) is 5.75. The fourth-order valence-electron chi connectivity index (χ4n) is 2.26. The molecule has 2 N–H and O–H groups in total. The van der Waals surface area contributed by atoms with Gasteiger partial charge in [-0.15, -0.1) is 0 Å². The van der Waals surface area contributed by atoms with E-state index >= 15 is 0 Å². The third-order valence-electron chi connectivity index (χ3n) is 3.39. The van der Waals surface area contributed by atoms with Crippen LogP contribution in [0.5, 0.6) is 0 Å². The van der Waals surface area contributed by atoms with Crippen molar-refractivity contribution in [2.75, 3.05) is 0 Å². The molecule has 0 spiro atoms. The van der Waals surface area contributed by atoms with Crippen LogP contribution in [0.3, 0.4) is 0 Å². The largest absolute Gasteiger partial charge is 0.374 e. The first-order valence-corrected chi connectivity index (χ1v) is 5.75. The van der Waals surface area contributed by atoms with Gasteiger partial charge in [0.15, 0.2) is 5.82 Å². The maximum atomic E-state index is 5.75. The monoisotopic (exact) mass is 225 g/mol. The van der Waals surface area contributed by atoms with Gasteiger partial charge in [0.25, 0.3) is 0 Å². The maximum Gasteiger partial charge on any atom is 0.232 e. The Balaban J connectivity index is 2.23. The zero-order valence-corrected chi connectivity index (χ0v) is 10.2. The minimum atomic E-state index is -0.192. The van der Waals surface area contributed by atoms with Gasteiger partial charge in [-0.3, -0.25) is 0 Å². The quantitative estimate of drug-likeness (QED) is 0.827. The van der Waals surface area contributed by atoms with E-state index in [0.29, 0.717) is 17.6 Å². The van der Waals surface area contributed by atoms with Gasteiger partial charge in [0.05, 0.1) is 24.2 Å². The van der Waals surface area contributed by atoms with Gasteiger partial charge in [0.1, 0.15) is 0 Å². The molecule has 2 heterocycles.